The Morgan fingerprint density at radius 1 is 0.545 bits per heavy atom. The van der Waals surface area contributed by atoms with Crippen LogP contribution in [0.5, 0.6) is 17.2 Å². The minimum Gasteiger partial charge on any atom is -0.431 e. The number of carbonyl (C=O) groups excluding carboxylic acids is 3. The van der Waals surface area contributed by atoms with Crippen molar-refractivity contribution in [1.29, 1.82) is 0 Å². The minimum atomic E-state index is -0.812. The van der Waals surface area contributed by atoms with Gasteiger partial charge in [-0.1, -0.05) is 36.4 Å². The van der Waals surface area contributed by atoms with Gasteiger partial charge in [-0.15, -0.1) is 0 Å². The fraction of sp³-hybridized carbons (Fsp3) is 0.344. The lowest BCUT2D eigenvalue weighted by Crippen LogP contribution is -2.25. The summed E-state index contributed by atoms with van der Waals surface area (Å²) in [5.74, 6) is 0.946. The average Bonchev–Trinajstić information content (AvgIpc) is 3.87. The third-order valence-corrected chi connectivity index (χ3v) is 7.27. The van der Waals surface area contributed by atoms with Crippen LogP contribution < -0.4 is 14.2 Å². The van der Waals surface area contributed by atoms with Gasteiger partial charge in [0.1, 0.15) is 55.4 Å². The molecular weight excluding hydrogens is 576 g/mol. The number of hydrogen-bond donors (Lipinski definition) is 0. The van der Waals surface area contributed by atoms with Gasteiger partial charge in [-0.3, -0.25) is 0 Å². The molecule has 0 amide bonds. The molecule has 0 radical (unpaired) electrons. The largest absolute Gasteiger partial charge is 0.513 e. The first kappa shape index (κ1) is 29.4. The lowest BCUT2D eigenvalue weighted by Gasteiger charge is -2.32. The average molecular weight is 607 g/mol. The molecule has 12 heteroatoms. The topological polar surface area (TPSA) is 144 Å². The molecule has 0 spiro atoms. The van der Waals surface area contributed by atoms with Gasteiger partial charge >= 0.3 is 18.5 Å². The van der Waals surface area contributed by atoms with Gasteiger partial charge in [-0.25, -0.2) is 14.4 Å². The highest BCUT2D eigenvalue weighted by Gasteiger charge is 2.32. The molecule has 0 bridgehead atoms. The second-order valence-corrected chi connectivity index (χ2v) is 10.6. The van der Waals surface area contributed by atoms with Crippen LogP contribution >= 0.6 is 0 Å². The zero-order valence-corrected chi connectivity index (χ0v) is 23.8. The van der Waals surface area contributed by atoms with E-state index in [4.69, 9.17) is 42.6 Å². The van der Waals surface area contributed by atoms with E-state index in [-0.39, 0.29) is 38.1 Å². The van der Waals surface area contributed by atoms with Crippen molar-refractivity contribution in [3.63, 3.8) is 0 Å². The lowest BCUT2D eigenvalue weighted by atomic mass is 9.71. The summed E-state index contributed by atoms with van der Waals surface area (Å²) >= 11 is 0. The molecule has 6 rings (SSSR count). The number of epoxide rings is 3. The van der Waals surface area contributed by atoms with Crippen LogP contribution in [0.2, 0.25) is 0 Å². The Morgan fingerprint density at radius 3 is 1.02 bits per heavy atom. The van der Waals surface area contributed by atoms with Crippen molar-refractivity contribution in [1.82, 2.24) is 0 Å². The van der Waals surface area contributed by atoms with Crippen molar-refractivity contribution in [3.05, 3.63) is 89.5 Å². The van der Waals surface area contributed by atoms with Crippen LogP contribution in [0, 0.1) is 0 Å². The lowest BCUT2D eigenvalue weighted by molar-refractivity contribution is 0.0911. The van der Waals surface area contributed by atoms with E-state index in [9.17, 15) is 14.4 Å². The molecule has 12 nitrogen and oxygen atoms in total. The predicted molar refractivity (Wildman–Crippen MR) is 150 cm³/mol. The summed E-state index contributed by atoms with van der Waals surface area (Å²) in [7, 11) is 0. The molecule has 0 saturated carbocycles. The predicted octanol–water partition coefficient (Wildman–Crippen LogP) is 4.78. The molecule has 44 heavy (non-hydrogen) atoms. The molecule has 3 aliphatic rings. The summed E-state index contributed by atoms with van der Waals surface area (Å²) in [4.78, 5) is 36.1. The van der Waals surface area contributed by atoms with Gasteiger partial charge in [-0.05, 0) is 60.0 Å². The summed E-state index contributed by atoms with van der Waals surface area (Å²) < 4.78 is 46.2. The Bertz CT molecular complexity index is 1280. The van der Waals surface area contributed by atoms with Crippen molar-refractivity contribution < 1.29 is 57.0 Å². The molecule has 3 aromatic rings. The minimum absolute atomic E-state index is 0.0646. The molecule has 3 fully saturated rings. The van der Waals surface area contributed by atoms with Gasteiger partial charge in [0.25, 0.3) is 0 Å². The van der Waals surface area contributed by atoms with Crippen molar-refractivity contribution in [2.45, 2.75) is 30.7 Å². The normalized spacial score (nSPS) is 20.8. The van der Waals surface area contributed by atoms with Gasteiger partial charge in [0, 0.05) is 5.41 Å². The Labute approximate surface area is 252 Å². The zero-order valence-electron chi connectivity index (χ0n) is 23.8. The van der Waals surface area contributed by atoms with Crippen LogP contribution in [0.25, 0.3) is 0 Å². The Hall–Kier alpha value is -4.65. The maximum Gasteiger partial charge on any atom is 0.513 e. The molecule has 0 aromatic heterocycles. The summed E-state index contributed by atoms with van der Waals surface area (Å²) in [5.41, 5.74) is 1.84. The maximum atomic E-state index is 12.0. The van der Waals surface area contributed by atoms with Crippen LogP contribution in [0.4, 0.5) is 14.4 Å². The van der Waals surface area contributed by atoms with E-state index in [0.717, 1.165) is 16.7 Å². The monoisotopic (exact) mass is 606 g/mol. The van der Waals surface area contributed by atoms with E-state index in [1.165, 1.54) is 0 Å². The SMILES string of the molecule is CC(c1ccc(OC(=O)OCC2CO2)cc1)(c1ccc(OC(=O)OCC2CO2)cc1)c1ccc(OC(=O)OCC2CO2)cc1. The molecule has 0 aliphatic carbocycles. The van der Waals surface area contributed by atoms with Crippen LogP contribution in [0.1, 0.15) is 23.6 Å². The second-order valence-electron chi connectivity index (χ2n) is 10.6. The molecular formula is C32H30O12. The Balaban J connectivity index is 1.20. The quantitative estimate of drug-likeness (QED) is 0.0919. The molecule has 3 aromatic carbocycles. The standard InChI is InChI=1S/C32H30O12/c1-32(20-2-8-23(9-3-20)42-29(33)39-17-26-14-36-26,21-4-10-24(11-5-21)43-30(34)40-18-27-15-37-27)22-6-12-25(13-7-22)44-31(35)41-19-28-16-38-28/h2-13,26-28H,14-19H2,1H3. The molecule has 230 valence electrons. The molecule has 0 N–H and O–H groups in total. The van der Waals surface area contributed by atoms with Gasteiger partial charge in [-0.2, -0.15) is 0 Å². The van der Waals surface area contributed by atoms with Gasteiger partial charge in [0.15, 0.2) is 0 Å². The molecule has 3 unspecified atom stereocenters. The highest BCUT2D eigenvalue weighted by molar-refractivity contribution is 5.65. The summed E-state index contributed by atoms with van der Waals surface area (Å²) in [6.07, 6.45) is -2.63. The van der Waals surface area contributed by atoms with Gasteiger partial charge in [0.2, 0.25) is 0 Å². The zero-order chi connectivity index (χ0) is 30.5. The third kappa shape index (κ3) is 7.84. The van der Waals surface area contributed by atoms with E-state index in [0.29, 0.717) is 37.1 Å². The fourth-order valence-corrected chi connectivity index (χ4v) is 4.42. The van der Waals surface area contributed by atoms with E-state index >= 15 is 0 Å². The first-order valence-electron chi connectivity index (χ1n) is 14.1. The molecule has 3 saturated heterocycles. The maximum absolute atomic E-state index is 12.0. The Morgan fingerprint density at radius 2 is 0.795 bits per heavy atom. The second kappa shape index (κ2) is 12.9. The first-order chi connectivity index (χ1) is 21.3. The third-order valence-electron chi connectivity index (χ3n) is 7.27. The van der Waals surface area contributed by atoms with Gasteiger partial charge < -0.3 is 42.6 Å². The Kier molecular flexibility index (Phi) is 8.64. The summed E-state index contributed by atoms with van der Waals surface area (Å²) in [6.45, 7) is 4.17. The first-order valence-corrected chi connectivity index (χ1v) is 14.1. The van der Waals surface area contributed by atoms with Crippen molar-refractivity contribution in [3.8, 4) is 17.2 Å². The number of hydrogen-bond acceptors (Lipinski definition) is 12. The van der Waals surface area contributed by atoms with Crippen LogP contribution in [-0.4, -0.2) is 76.4 Å². The summed E-state index contributed by atoms with van der Waals surface area (Å²) in [5, 5.41) is 0. The smallest absolute Gasteiger partial charge is 0.431 e. The van der Waals surface area contributed by atoms with E-state index in [1.807, 2.05) is 43.3 Å². The highest BCUT2D eigenvalue weighted by Crippen LogP contribution is 2.40. The molecule has 3 heterocycles. The fourth-order valence-electron chi connectivity index (χ4n) is 4.42. The van der Waals surface area contributed by atoms with E-state index < -0.39 is 23.9 Å². The highest BCUT2D eigenvalue weighted by atomic mass is 16.7. The number of benzene rings is 3. The van der Waals surface area contributed by atoms with Crippen molar-refractivity contribution in [2.24, 2.45) is 0 Å². The number of ether oxygens (including phenoxy) is 9. The van der Waals surface area contributed by atoms with Crippen LogP contribution in [0.15, 0.2) is 72.8 Å². The van der Waals surface area contributed by atoms with Crippen molar-refractivity contribution in [2.75, 3.05) is 39.6 Å². The van der Waals surface area contributed by atoms with E-state index in [2.05, 4.69) is 0 Å². The van der Waals surface area contributed by atoms with E-state index in [1.54, 1.807) is 36.4 Å². The van der Waals surface area contributed by atoms with Crippen LogP contribution in [-0.2, 0) is 33.8 Å². The number of carbonyl (C=O) groups is 3. The molecule has 3 aliphatic heterocycles. The van der Waals surface area contributed by atoms with Crippen molar-refractivity contribution >= 4 is 18.5 Å². The summed E-state index contributed by atoms with van der Waals surface area (Å²) in [6, 6.07) is 21.1. The van der Waals surface area contributed by atoms with Gasteiger partial charge in [0.05, 0.1) is 19.8 Å². The van der Waals surface area contributed by atoms with Crippen LogP contribution in [0.3, 0.4) is 0 Å². The number of rotatable bonds is 12. The molecule has 3 atom stereocenters.